The van der Waals surface area contributed by atoms with Crippen LogP contribution in [0.1, 0.15) is 17.3 Å². The Hall–Kier alpha value is -2.64. The third kappa shape index (κ3) is 5.44. The third-order valence-corrected chi connectivity index (χ3v) is 4.09. The Balaban J connectivity index is 0.000000511. The number of carbonyl (C=O) groups is 1. The SMILES string of the molecule is CCOC.O=Cc1ccc(NSc2cccc3ncc(=O)[nH]c23)cc1. The Kier molecular flexibility index (Phi) is 7.18. The van der Waals surface area contributed by atoms with Crippen LogP contribution in [0.2, 0.25) is 0 Å². The van der Waals surface area contributed by atoms with Gasteiger partial charge in [0.1, 0.15) is 6.29 Å². The summed E-state index contributed by atoms with van der Waals surface area (Å²) in [6, 6.07) is 12.7. The number of nitrogens with one attached hydrogen (secondary N) is 2. The molecule has 25 heavy (non-hydrogen) atoms. The lowest BCUT2D eigenvalue weighted by Crippen LogP contribution is -2.05. The van der Waals surface area contributed by atoms with Gasteiger partial charge in [-0.05, 0) is 55.3 Å². The molecule has 1 heterocycles. The quantitative estimate of drug-likeness (QED) is 0.537. The number of ether oxygens (including phenoxy) is 1. The Morgan fingerprint density at radius 1 is 1.24 bits per heavy atom. The van der Waals surface area contributed by atoms with Gasteiger partial charge in [-0.25, -0.2) is 4.98 Å². The number of benzene rings is 2. The van der Waals surface area contributed by atoms with Gasteiger partial charge in [0.2, 0.25) is 0 Å². The van der Waals surface area contributed by atoms with Gasteiger partial charge >= 0.3 is 0 Å². The Morgan fingerprint density at radius 2 is 1.96 bits per heavy atom. The number of nitrogens with zero attached hydrogens (tertiary/aromatic N) is 1. The highest BCUT2D eigenvalue weighted by Crippen LogP contribution is 2.26. The molecule has 6 nitrogen and oxygen atoms in total. The second-order valence-electron chi connectivity index (χ2n) is 4.92. The van der Waals surface area contributed by atoms with Crippen molar-refractivity contribution in [3.63, 3.8) is 0 Å². The van der Waals surface area contributed by atoms with E-state index in [0.29, 0.717) is 11.1 Å². The van der Waals surface area contributed by atoms with E-state index >= 15 is 0 Å². The molecule has 7 heteroatoms. The number of aromatic amines is 1. The van der Waals surface area contributed by atoms with Crippen molar-refractivity contribution < 1.29 is 9.53 Å². The van der Waals surface area contributed by atoms with Gasteiger partial charge in [0.15, 0.2) is 0 Å². The van der Waals surface area contributed by atoms with Gasteiger partial charge < -0.3 is 14.4 Å². The highest BCUT2D eigenvalue weighted by Gasteiger charge is 2.04. The molecule has 0 saturated heterocycles. The average molecular weight is 357 g/mol. The van der Waals surface area contributed by atoms with Crippen molar-refractivity contribution in [1.82, 2.24) is 9.97 Å². The molecule has 0 bridgehead atoms. The van der Waals surface area contributed by atoms with Crippen molar-refractivity contribution in [1.29, 1.82) is 0 Å². The minimum atomic E-state index is -0.231. The summed E-state index contributed by atoms with van der Waals surface area (Å²) in [5, 5.41) is 0. The van der Waals surface area contributed by atoms with Crippen LogP contribution in [-0.2, 0) is 4.74 Å². The van der Waals surface area contributed by atoms with Crippen LogP contribution in [0, 0.1) is 0 Å². The van der Waals surface area contributed by atoms with E-state index in [2.05, 4.69) is 19.4 Å². The molecule has 0 unspecified atom stereocenters. The summed E-state index contributed by atoms with van der Waals surface area (Å²) in [5.41, 5.74) is 2.70. The fraction of sp³-hybridized carbons (Fsp3) is 0.167. The molecule has 0 fully saturated rings. The van der Waals surface area contributed by atoms with Crippen molar-refractivity contribution in [3.05, 3.63) is 64.6 Å². The van der Waals surface area contributed by atoms with Gasteiger partial charge in [0, 0.05) is 25.0 Å². The molecular weight excluding hydrogens is 338 g/mol. The molecule has 0 saturated carbocycles. The second-order valence-corrected chi connectivity index (χ2v) is 5.77. The van der Waals surface area contributed by atoms with Gasteiger partial charge in [-0.2, -0.15) is 0 Å². The van der Waals surface area contributed by atoms with Crippen molar-refractivity contribution in [2.45, 2.75) is 11.8 Å². The van der Waals surface area contributed by atoms with E-state index in [1.165, 1.54) is 18.1 Å². The van der Waals surface area contributed by atoms with Crippen molar-refractivity contribution in [2.75, 3.05) is 18.4 Å². The van der Waals surface area contributed by atoms with E-state index in [1.807, 2.05) is 37.3 Å². The molecule has 130 valence electrons. The summed E-state index contributed by atoms with van der Waals surface area (Å²) in [4.78, 5) is 29.8. The second kappa shape index (κ2) is 9.61. The Morgan fingerprint density at radius 3 is 2.60 bits per heavy atom. The normalized spacial score (nSPS) is 10.0. The van der Waals surface area contributed by atoms with Crippen LogP contribution in [0.25, 0.3) is 11.0 Å². The zero-order chi connectivity index (χ0) is 18.1. The predicted octanol–water partition coefficient (Wildman–Crippen LogP) is 3.51. The van der Waals surface area contributed by atoms with E-state index in [1.54, 1.807) is 19.2 Å². The highest BCUT2D eigenvalue weighted by molar-refractivity contribution is 8.00. The Bertz CT molecular complexity index is 877. The minimum absolute atomic E-state index is 0.231. The molecule has 0 spiro atoms. The number of H-pyrrole nitrogens is 1. The number of anilines is 1. The monoisotopic (exact) mass is 357 g/mol. The van der Waals surface area contributed by atoms with Gasteiger partial charge in [0.25, 0.3) is 5.56 Å². The first kappa shape index (κ1) is 18.7. The molecule has 0 aliphatic heterocycles. The number of carbonyl (C=O) groups excluding carboxylic acids is 1. The number of fused-ring (bicyclic) bond motifs is 1. The van der Waals surface area contributed by atoms with Crippen molar-refractivity contribution in [3.8, 4) is 0 Å². The van der Waals surface area contributed by atoms with Crippen LogP contribution in [0.3, 0.4) is 0 Å². The van der Waals surface area contributed by atoms with E-state index in [4.69, 9.17) is 0 Å². The lowest BCUT2D eigenvalue weighted by Gasteiger charge is -2.07. The van der Waals surface area contributed by atoms with E-state index in [-0.39, 0.29) is 5.56 Å². The number of aromatic nitrogens is 2. The molecule has 3 aromatic rings. The maximum absolute atomic E-state index is 11.4. The minimum Gasteiger partial charge on any atom is -0.385 e. The van der Waals surface area contributed by atoms with Gasteiger partial charge in [-0.1, -0.05) is 6.07 Å². The number of rotatable bonds is 5. The molecule has 2 N–H and O–H groups in total. The summed E-state index contributed by atoms with van der Waals surface area (Å²) >= 11 is 1.38. The fourth-order valence-corrected chi connectivity index (χ4v) is 2.63. The molecule has 0 aliphatic rings. The molecule has 0 aliphatic carbocycles. The zero-order valence-corrected chi connectivity index (χ0v) is 14.8. The first-order valence-electron chi connectivity index (χ1n) is 7.63. The lowest BCUT2D eigenvalue weighted by molar-refractivity contribution is 0.112. The largest absolute Gasteiger partial charge is 0.385 e. The molecule has 3 rings (SSSR count). The van der Waals surface area contributed by atoms with Crippen LogP contribution in [0.4, 0.5) is 5.69 Å². The average Bonchev–Trinajstić information content (AvgIpc) is 2.67. The summed E-state index contributed by atoms with van der Waals surface area (Å²) in [6.45, 7) is 2.78. The lowest BCUT2D eigenvalue weighted by atomic mass is 10.2. The topological polar surface area (TPSA) is 84.1 Å². The van der Waals surface area contributed by atoms with Gasteiger partial charge in [-0.15, -0.1) is 0 Å². The number of aldehydes is 1. The highest BCUT2D eigenvalue weighted by atomic mass is 32.2. The third-order valence-electron chi connectivity index (χ3n) is 3.19. The Labute approximate surface area is 149 Å². The molecule has 2 aromatic carbocycles. The summed E-state index contributed by atoms with van der Waals surface area (Å²) in [6.07, 6.45) is 2.07. The maximum Gasteiger partial charge on any atom is 0.266 e. The molecule has 0 amide bonds. The van der Waals surface area contributed by atoms with Crippen molar-refractivity contribution >= 4 is 35.0 Å². The van der Waals surface area contributed by atoms with Crippen LogP contribution in [-0.4, -0.2) is 30.0 Å². The molecule has 0 atom stereocenters. The van der Waals surface area contributed by atoms with Crippen LogP contribution in [0.5, 0.6) is 0 Å². The van der Waals surface area contributed by atoms with Gasteiger partial charge in [-0.3, -0.25) is 9.59 Å². The van der Waals surface area contributed by atoms with Crippen LogP contribution >= 0.6 is 11.9 Å². The van der Waals surface area contributed by atoms with Crippen LogP contribution < -0.4 is 10.3 Å². The van der Waals surface area contributed by atoms with Crippen molar-refractivity contribution in [2.24, 2.45) is 0 Å². The zero-order valence-electron chi connectivity index (χ0n) is 14.0. The fourth-order valence-electron chi connectivity index (χ4n) is 1.87. The number of para-hydroxylation sites is 1. The first-order valence-corrected chi connectivity index (χ1v) is 8.44. The number of hydrogen-bond acceptors (Lipinski definition) is 6. The first-order chi connectivity index (χ1) is 12.2. The van der Waals surface area contributed by atoms with Gasteiger partial charge in [0.05, 0.1) is 22.1 Å². The van der Waals surface area contributed by atoms with E-state index in [0.717, 1.165) is 29.0 Å². The smallest absolute Gasteiger partial charge is 0.266 e. The summed E-state index contributed by atoms with van der Waals surface area (Å²) in [5.74, 6) is 0. The number of methoxy groups -OCH3 is 1. The van der Waals surface area contributed by atoms with Crippen LogP contribution in [0.15, 0.2) is 58.4 Å². The van der Waals surface area contributed by atoms with E-state index < -0.39 is 0 Å². The molecule has 1 aromatic heterocycles. The predicted molar refractivity (Wildman–Crippen MR) is 101 cm³/mol. The molecule has 0 radical (unpaired) electrons. The summed E-state index contributed by atoms with van der Waals surface area (Å²) in [7, 11) is 1.68. The number of hydrogen-bond donors (Lipinski definition) is 2. The maximum atomic E-state index is 11.4. The summed E-state index contributed by atoms with van der Waals surface area (Å²) < 4.78 is 7.72. The molecular formula is C18H19N3O3S. The van der Waals surface area contributed by atoms with E-state index in [9.17, 15) is 9.59 Å². The standard InChI is InChI=1S/C15H11N3O2S.C3H8O/c19-9-10-4-6-11(7-5-10)18-21-13-3-1-2-12-15(13)17-14(20)8-16-12;1-3-4-2/h1-9,18H,(H,17,20);3H2,1-2H3.